The van der Waals surface area contributed by atoms with Gasteiger partial charge in [-0.25, -0.2) is 9.18 Å². The van der Waals surface area contributed by atoms with Gasteiger partial charge in [0.25, 0.3) is 0 Å². The summed E-state index contributed by atoms with van der Waals surface area (Å²) in [7, 11) is 1.39. The Kier molecular flexibility index (Phi) is 3.97. The van der Waals surface area contributed by atoms with Gasteiger partial charge in [-0.3, -0.25) is 4.90 Å². The molecule has 98 valence electrons. The topological polar surface area (TPSA) is 29.5 Å². The minimum atomic E-state index is -0.416. The average Bonchev–Trinajstić information content (AvgIpc) is 2.78. The molecular weight excluding hydrogens is 233 g/mol. The zero-order chi connectivity index (χ0) is 13.1. The SMILES string of the molecule is COC(=O)C(c1ccc(F)cc1)N1CCC(C)C1. The van der Waals surface area contributed by atoms with Crippen molar-refractivity contribution in [3.05, 3.63) is 35.6 Å². The highest BCUT2D eigenvalue weighted by Crippen LogP contribution is 2.28. The number of nitrogens with zero attached hydrogens (tertiary/aromatic N) is 1. The van der Waals surface area contributed by atoms with Crippen molar-refractivity contribution in [3.63, 3.8) is 0 Å². The van der Waals surface area contributed by atoms with Crippen LogP contribution >= 0.6 is 0 Å². The van der Waals surface area contributed by atoms with Crippen molar-refractivity contribution in [2.45, 2.75) is 19.4 Å². The van der Waals surface area contributed by atoms with Crippen LogP contribution in [0.25, 0.3) is 0 Å². The van der Waals surface area contributed by atoms with Gasteiger partial charge < -0.3 is 4.74 Å². The van der Waals surface area contributed by atoms with E-state index in [1.54, 1.807) is 12.1 Å². The molecule has 2 rings (SSSR count). The fourth-order valence-electron chi connectivity index (χ4n) is 2.46. The van der Waals surface area contributed by atoms with Crippen molar-refractivity contribution in [2.24, 2.45) is 5.92 Å². The molecule has 4 heteroatoms. The van der Waals surface area contributed by atoms with Crippen LogP contribution < -0.4 is 0 Å². The molecule has 0 aromatic heterocycles. The molecule has 1 heterocycles. The molecule has 0 spiro atoms. The van der Waals surface area contributed by atoms with Gasteiger partial charge in [0.05, 0.1) is 7.11 Å². The maximum atomic E-state index is 12.9. The lowest BCUT2D eigenvalue weighted by Gasteiger charge is -2.25. The van der Waals surface area contributed by atoms with Crippen molar-refractivity contribution in [1.82, 2.24) is 4.90 Å². The minimum Gasteiger partial charge on any atom is -0.468 e. The number of methoxy groups -OCH3 is 1. The number of esters is 1. The number of carbonyl (C=O) groups excluding carboxylic acids is 1. The highest BCUT2D eigenvalue weighted by atomic mass is 19.1. The number of carbonyl (C=O) groups is 1. The minimum absolute atomic E-state index is 0.282. The third-order valence-corrected chi connectivity index (χ3v) is 3.43. The molecule has 1 aliphatic heterocycles. The summed E-state index contributed by atoms with van der Waals surface area (Å²) < 4.78 is 17.8. The highest BCUT2D eigenvalue weighted by molar-refractivity contribution is 5.77. The van der Waals surface area contributed by atoms with Gasteiger partial charge in [0.1, 0.15) is 11.9 Å². The number of benzene rings is 1. The summed E-state index contributed by atoms with van der Waals surface area (Å²) in [5.41, 5.74) is 0.789. The number of ether oxygens (including phenoxy) is 1. The molecule has 1 aromatic carbocycles. The van der Waals surface area contributed by atoms with Crippen LogP contribution in [-0.4, -0.2) is 31.1 Å². The second-order valence-corrected chi connectivity index (χ2v) is 4.87. The van der Waals surface area contributed by atoms with Gasteiger partial charge in [-0.15, -0.1) is 0 Å². The van der Waals surface area contributed by atoms with E-state index in [1.807, 2.05) is 0 Å². The Morgan fingerprint density at radius 2 is 2.11 bits per heavy atom. The second-order valence-electron chi connectivity index (χ2n) is 4.87. The Labute approximate surface area is 107 Å². The van der Waals surface area contributed by atoms with Gasteiger partial charge >= 0.3 is 5.97 Å². The standard InChI is InChI=1S/C14H18FNO2/c1-10-7-8-16(9-10)13(14(17)18-2)11-3-5-12(15)6-4-11/h3-6,10,13H,7-9H2,1-2H3. The number of halogens is 1. The normalized spacial score (nSPS) is 21.8. The van der Waals surface area contributed by atoms with E-state index in [1.165, 1.54) is 19.2 Å². The molecule has 1 saturated heterocycles. The van der Waals surface area contributed by atoms with Crippen LogP contribution in [-0.2, 0) is 9.53 Å². The van der Waals surface area contributed by atoms with Gasteiger partial charge in [0, 0.05) is 6.54 Å². The van der Waals surface area contributed by atoms with Crippen LogP contribution in [0.2, 0.25) is 0 Å². The quantitative estimate of drug-likeness (QED) is 0.772. The van der Waals surface area contributed by atoms with Gasteiger partial charge in [-0.1, -0.05) is 19.1 Å². The first kappa shape index (κ1) is 13.0. The summed E-state index contributed by atoms with van der Waals surface area (Å²) >= 11 is 0. The predicted molar refractivity (Wildman–Crippen MR) is 66.5 cm³/mol. The smallest absolute Gasteiger partial charge is 0.327 e. The first-order chi connectivity index (χ1) is 8.61. The van der Waals surface area contributed by atoms with Gasteiger partial charge in [0.15, 0.2) is 0 Å². The molecule has 1 aliphatic rings. The van der Waals surface area contributed by atoms with Crippen molar-refractivity contribution in [2.75, 3.05) is 20.2 Å². The molecule has 2 atom stereocenters. The molecule has 1 aromatic rings. The van der Waals surface area contributed by atoms with Crippen LogP contribution in [0.15, 0.2) is 24.3 Å². The van der Waals surface area contributed by atoms with E-state index in [0.29, 0.717) is 5.92 Å². The Morgan fingerprint density at radius 3 is 2.61 bits per heavy atom. The van der Waals surface area contributed by atoms with E-state index in [4.69, 9.17) is 4.74 Å². The number of rotatable bonds is 3. The van der Waals surface area contributed by atoms with Gasteiger partial charge in [-0.05, 0) is 36.6 Å². The summed E-state index contributed by atoms with van der Waals surface area (Å²) in [6.07, 6.45) is 1.08. The monoisotopic (exact) mass is 251 g/mol. The summed E-state index contributed by atoms with van der Waals surface area (Å²) in [6, 6.07) is 5.65. The average molecular weight is 251 g/mol. The molecule has 3 nitrogen and oxygen atoms in total. The zero-order valence-corrected chi connectivity index (χ0v) is 10.7. The number of hydrogen-bond donors (Lipinski definition) is 0. The molecule has 0 bridgehead atoms. The van der Waals surface area contributed by atoms with Crippen LogP contribution in [0.4, 0.5) is 4.39 Å². The molecular formula is C14H18FNO2. The Hall–Kier alpha value is -1.42. The molecule has 2 unspecified atom stereocenters. The van der Waals surface area contributed by atoms with Crippen molar-refractivity contribution < 1.29 is 13.9 Å². The van der Waals surface area contributed by atoms with Crippen molar-refractivity contribution in [1.29, 1.82) is 0 Å². The summed E-state index contributed by atoms with van der Waals surface area (Å²) in [5.74, 6) is 0.00506. The predicted octanol–water partition coefficient (Wildman–Crippen LogP) is 2.38. The van der Waals surface area contributed by atoms with E-state index >= 15 is 0 Å². The number of hydrogen-bond acceptors (Lipinski definition) is 3. The lowest BCUT2D eigenvalue weighted by atomic mass is 10.1. The van der Waals surface area contributed by atoms with Crippen LogP contribution in [0.1, 0.15) is 24.9 Å². The molecule has 0 radical (unpaired) electrons. The van der Waals surface area contributed by atoms with Gasteiger partial charge in [-0.2, -0.15) is 0 Å². The van der Waals surface area contributed by atoms with E-state index in [9.17, 15) is 9.18 Å². The first-order valence-corrected chi connectivity index (χ1v) is 6.19. The Balaban J connectivity index is 2.25. The highest BCUT2D eigenvalue weighted by Gasteiger charge is 2.32. The summed E-state index contributed by atoms with van der Waals surface area (Å²) in [5, 5.41) is 0. The van der Waals surface area contributed by atoms with E-state index in [-0.39, 0.29) is 11.8 Å². The molecule has 0 N–H and O–H groups in total. The Bertz CT molecular complexity index is 418. The maximum absolute atomic E-state index is 12.9. The van der Waals surface area contributed by atoms with Crippen LogP contribution in [0.3, 0.4) is 0 Å². The fourth-order valence-corrected chi connectivity index (χ4v) is 2.46. The molecule has 18 heavy (non-hydrogen) atoms. The largest absolute Gasteiger partial charge is 0.468 e. The molecule has 1 fully saturated rings. The third-order valence-electron chi connectivity index (χ3n) is 3.43. The van der Waals surface area contributed by atoms with E-state index in [2.05, 4.69) is 11.8 Å². The fraction of sp³-hybridized carbons (Fsp3) is 0.500. The molecule has 0 aliphatic carbocycles. The second kappa shape index (κ2) is 5.48. The molecule has 0 saturated carbocycles. The zero-order valence-electron chi connectivity index (χ0n) is 10.7. The lowest BCUT2D eigenvalue weighted by Crippen LogP contribution is -2.33. The van der Waals surface area contributed by atoms with Crippen LogP contribution in [0, 0.1) is 11.7 Å². The van der Waals surface area contributed by atoms with Crippen molar-refractivity contribution in [3.8, 4) is 0 Å². The molecule has 0 amide bonds. The Morgan fingerprint density at radius 1 is 1.44 bits per heavy atom. The van der Waals surface area contributed by atoms with Crippen LogP contribution in [0.5, 0.6) is 0 Å². The maximum Gasteiger partial charge on any atom is 0.327 e. The summed E-state index contributed by atoms with van der Waals surface area (Å²) in [4.78, 5) is 14.0. The first-order valence-electron chi connectivity index (χ1n) is 6.19. The van der Waals surface area contributed by atoms with Gasteiger partial charge in [0.2, 0.25) is 0 Å². The third kappa shape index (κ3) is 2.70. The van der Waals surface area contributed by atoms with E-state index < -0.39 is 6.04 Å². The summed E-state index contributed by atoms with van der Waals surface area (Å²) in [6.45, 7) is 3.91. The van der Waals surface area contributed by atoms with E-state index in [0.717, 1.165) is 25.1 Å². The number of likely N-dealkylation sites (tertiary alicyclic amines) is 1. The van der Waals surface area contributed by atoms with Crippen molar-refractivity contribution >= 4 is 5.97 Å². The lowest BCUT2D eigenvalue weighted by molar-refractivity contribution is -0.147.